The van der Waals surface area contributed by atoms with Crippen LogP contribution >= 0.6 is 0 Å². The molecule has 3 rings (SSSR count). The van der Waals surface area contributed by atoms with E-state index in [0.717, 1.165) is 5.56 Å². The van der Waals surface area contributed by atoms with Crippen LogP contribution in [0.2, 0.25) is 0 Å². The minimum Gasteiger partial charge on any atom is -0.493 e. The Kier molecular flexibility index (Phi) is 8.41. The average Bonchev–Trinajstić information content (AvgIpc) is 3.24. The average molecular weight is 493 g/mol. The molecule has 0 saturated heterocycles. The fraction of sp³-hybridized carbons (Fsp3) is 0.269. The fourth-order valence-corrected chi connectivity index (χ4v) is 3.70. The number of ether oxygens (including phenoxy) is 4. The molecule has 0 fully saturated rings. The van der Waals surface area contributed by atoms with Crippen molar-refractivity contribution in [1.29, 1.82) is 5.26 Å². The second-order valence-corrected chi connectivity index (χ2v) is 7.60. The van der Waals surface area contributed by atoms with E-state index in [1.165, 1.54) is 17.9 Å². The topological polar surface area (TPSA) is 138 Å². The monoisotopic (exact) mass is 492 g/mol. The number of hydrogen-bond acceptors (Lipinski definition) is 9. The zero-order valence-corrected chi connectivity index (χ0v) is 20.6. The summed E-state index contributed by atoms with van der Waals surface area (Å²) < 4.78 is 22.1. The number of nitrogens with zero attached hydrogens (tertiary/aromatic N) is 2. The number of nitriles is 1. The Morgan fingerprint density at radius 3 is 2.44 bits per heavy atom. The first-order chi connectivity index (χ1) is 17.4. The van der Waals surface area contributed by atoms with Crippen LogP contribution in [-0.4, -0.2) is 51.0 Å². The third-order valence-corrected chi connectivity index (χ3v) is 5.49. The highest BCUT2D eigenvalue weighted by Gasteiger charge is 2.24. The summed E-state index contributed by atoms with van der Waals surface area (Å²) in [5.41, 5.74) is 8.47. The second kappa shape index (κ2) is 11.7. The number of esters is 2. The number of benzene rings is 2. The van der Waals surface area contributed by atoms with Crippen LogP contribution in [0.15, 0.2) is 42.6 Å². The molecular formula is C26H28N4O6. The Labute approximate surface area is 209 Å². The Morgan fingerprint density at radius 2 is 1.81 bits per heavy atom. The van der Waals surface area contributed by atoms with Gasteiger partial charge in [-0.05, 0) is 49.2 Å². The summed E-state index contributed by atoms with van der Waals surface area (Å²) >= 11 is 0. The number of nitrogens with two attached hydrogens (primary N) is 1. The van der Waals surface area contributed by atoms with Gasteiger partial charge < -0.3 is 34.6 Å². The lowest BCUT2D eigenvalue weighted by Gasteiger charge is -2.17. The molecule has 0 aliphatic carbocycles. The highest BCUT2D eigenvalue weighted by Crippen LogP contribution is 2.31. The first kappa shape index (κ1) is 26.0. The number of nitrogens with one attached hydrogen (secondary N) is 1. The highest BCUT2D eigenvalue weighted by molar-refractivity contribution is 5.97. The minimum absolute atomic E-state index is 0.0119. The molecule has 0 unspecified atom stereocenters. The van der Waals surface area contributed by atoms with Gasteiger partial charge in [-0.25, -0.2) is 9.59 Å². The third kappa shape index (κ3) is 5.36. The van der Waals surface area contributed by atoms with Crippen molar-refractivity contribution in [2.75, 3.05) is 45.5 Å². The van der Waals surface area contributed by atoms with Gasteiger partial charge in [-0.3, -0.25) is 0 Å². The Balaban J connectivity index is 2.00. The van der Waals surface area contributed by atoms with Crippen LogP contribution in [0.3, 0.4) is 0 Å². The van der Waals surface area contributed by atoms with Crippen molar-refractivity contribution in [3.05, 3.63) is 65.0 Å². The fourth-order valence-electron chi connectivity index (χ4n) is 3.70. The molecule has 36 heavy (non-hydrogen) atoms. The number of carbonyl (C=O) groups excluding carboxylic acids is 2. The maximum atomic E-state index is 12.5. The van der Waals surface area contributed by atoms with E-state index in [2.05, 4.69) is 5.32 Å². The van der Waals surface area contributed by atoms with Crippen LogP contribution in [0.4, 0.5) is 11.4 Å². The SMILES string of the molecule is CCOC(=O)c1ccc(NCCc2ccc(OC)c(OC)c2)c(-n2cc(C#N)c(N)c2C(=O)OC)c1. The van der Waals surface area contributed by atoms with Crippen LogP contribution in [0, 0.1) is 11.3 Å². The summed E-state index contributed by atoms with van der Waals surface area (Å²) in [6.07, 6.45) is 2.08. The maximum absolute atomic E-state index is 12.5. The lowest BCUT2D eigenvalue weighted by molar-refractivity contribution is 0.0525. The van der Waals surface area contributed by atoms with Gasteiger partial charge in [0, 0.05) is 12.7 Å². The number of aromatic nitrogens is 1. The molecule has 0 atom stereocenters. The molecule has 0 aliphatic heterocycles. The van der Waals surface area contributed by atoms with Crippen molar-refractivity contribution in [3.63, 3.8) is 0 Å². The van der Waals surface area contributed by atoms with E-state index in [4.69, 9.17) is 24.7 Å². The normalized spacial score (nSPS) is 10.3. The van der Waals surface area contributed by atoms with Gasteiger partial charge in [-0.1, -0.05) is 6.07 Å². The number of rotatable bonds is 10. The molecule has 3 N–H and O–H groups in total. The van der Waals surface area contributed by atoms with E-state index in [1.807, 2.05) is 24.3 Å². The van der Waals surface area contributed by atoms with E-state index >= 15 is 0 Å². The Morgan fingerprint density at radius 1 is 1.06 bits per heavy atom. The lowest BCUT2D eigenvalue weighted by atomic mass is 10.1. The van der Waals surface area contributed by atoms with Gasteiger partial charge in [-0.15, -0.1) is 0 Å². The lowest BCUT2D eigenvalue weighted by Crippen LogP contribution is -2.15. The molecule has 0 aliphatic rings. The van der Waals surface area contributed by atoms with Crippen LogP contribution in [0.25, 0.3) is 5.69 Å². The van der Waals surface area contributed by atoms with Crippen molar-refractivity contribution in [2.24, 2.45) is 0 Å². The van der Waals surface area contributed by atoms with Crippen molar-refractivity contribution in [3.8, 4) is 23.3 Å². The molecule has 10 nitrogen and oxygen atoms in total. The largest absolute Gasteiger partial charge is 0.493 e. The van der Waals surface area contributed by atoms with E-state index in [0.29, 0.717) is 35.8 Å². The van der Waals surface area contributed by atoms with E-state index in [1.54, 1.807) is 39.3 Å². The summed E-state index contributed by atoms with van der Waals surface area (Å²) in [7, 11) is 4.38. The van der Waals surface area contributed by atoms with Crippen molar-refractivity contribution < 1.29 is 28.5 Å². The molecule has 2 aromatic carbocycles. The van der Waals surface area contributed by atoms with Crippen LogP contribution < -0.4 is 20.5 Å². The molecule has 1 heterocycles. The molecular weight excluding hydrogens is 464 g/mol. The number of nitrogen functional groups attached to an aromatic ring is 1. The predicted molar refractivity (Wildman–Crippen MR) is 134 cm³/mol. The summed E-state index contributed by atoms with van der Waals surface area (Å²) in [5.74, 6) is 0.0339. The number of carbonyl (C=O) groups is 2. The first-order valence-electron chi connectivity index (χ1n) is 11.1. The number of anilines is 2. The van der Waals surface area contributed by atoms with Crippen LogP contribution in [-0.2, 0) is 15.9 Å². The van der Waals surface area contributed by atoms with Gasteiger partial charge >= 0.3 is 11.9 Å². The van der Waals surface area contributed by atoms with Gasteiger partial charge in [-0.2, -0.15) is 5.26 Å². The zero-order chi connectivity index (χ0) is 26.2. The highest BCUT2D eigenvalue weighted by atomic mass is 16.5. The summed E-state index contributed by atoms with van der Waals surface area (Å²) in [4.78, 5) is 24.9. The van der Waals surface area contributed by atoms with Gasteiger partial charge in [0.15, 0.2) is 17.2 Å². The van der Waals surface area contributed by atoms with Crippen molar-refractivity contribution >= 4 is 23.3 Å². The maximum Gasteiger partial charge on any atom is 0.357 e. The molecule has 3 aromatic rings. The standard InChI is InChI=1S/C26H28N4O6/c1-5-36-25(31)17-7-8-19(29-11-10-16-6-9-21(33-2)22(12-16)34-3)20(13-17)30-15-18(14-27)23(28)24(30)26(32)35-4/h6-9,12-13,15,29H,5,10-11,28H2,1-4H3. The van der Waals surface area contributed by atoms with Gasteiger partial charge in [0.2, 0.25) is 0 Å². The van der Waals surface area contributed by atoms with Gasteiger partial charge in [0.25, 0.3) is 0 Å². The summed E-state index contributed by atoms with van der Waals surface area (Å²) in [6.45, 7) is 2.43. The number of methoxy groups -OCH3 is 3. The Hall–Kier alpha value is -4.65. The number of hydrogen-bond donors (Lipinski definition) is 2. The molecule has 0 spiro atoms. The van der Waals surface area contributed by atoms with Gasteiger partial charge in [0.05, 0.1) is 56.1 Å². The van der Waals surface area contributed by atoms with E-state index in [9.17, 15) is 14.9 Å². The molecule has 1 aromatic heterocycles. The Bertz CT molecular complexity index is 1310. The van der Waals surface area contributed by atoms with Crippen molar-refractivity contribution in [1.82, 2.24) is 4.57 Å². The molecule has 0 radical (unpaired) electrons. The minimum atomic E-state index is -0.716. The molecule has 188 valence electrons. The molecule has 10 heteroatoms. The smallest absolute Gasteiger partial charge is 0.357 e. The third-order valence-electron chi connectivity index (χ3n) is 5.49. The predicted octanol–water partition coefficient (Wildman–Crippen LogP) is 3.57. The van der Waals surface area contributed by atoms with E-state index < -0.39 is 11.9 Å². The molecule has 0 amide bonds. The molecule has 0 bridgehead atoms. The molecule has 0 saturated carbocycles. The van der Waals surface area contributed by atoms with Crippen molar-refractivity contribution in [2.45, 2.75) is 13.3 Å². The van der Waals surface area contributed by atoms with Gasteiger partial charge in [0.1, 0.15) is 6.07 Å². The van der Waals surface area contributed by atoms with Crippen LogP contribution in [0.1, 0.15) is 38.9 Å². The zero-order valence-electron chi connectivity index (χ0n) is 20.6. The first-order valence-corrected chi connectivity index (χ1v) is 11.1. The van der Waals surface area contributed by atoms with E-state index in [-0.39, 0.29) is 29.1 Å². The quantitative estimate of drug-likeness (QED) is 0.407. The second-order valence-electron chi connectivity index (χ2n) is 7.60. The summed E-state index contributed by atoms with van der Waals surface area (Å²) in [5, 5.41) is 12.8. The van der Waals surface area contributed by atoms with Crippen LogP contribution in [0.5, 0.6) is 11.5 Å². The summed E-state index contributed by atoms with van der Waals surface area (Å²) in [6, 6.07) is 12.6.